The van der Waals surface area contributed by atoms with Gasteiger partial charge in [0.2, 0.25) is 0 Å². The van der Waals surface area contributed by atoms with Crippen molar-refractivity contribution in [1.82, 2.24) is 9.97 Å². The Balaban J connectivity index is 1.95. The van der Waals surface area contributed by atoms with Crippen LogP contribution in [0.4, 0.5) is 5.82 Å². The van der Waals surface area contributed by atoms with Crippen molar-refractivity contribution >= 4 is 11.8 Å². The third kappa shape index (κ3) is 2.97. The van der Waals surface area contributed by atoms with Crippen molar-refractivity contribution in [3.63, 3.8) is 0 Å². The fourth-order valence-electron chi connectivity index (χ4n) is 2.45. The van der Waals surface area contributed by atoms with Gasteiger partial charge in [0.15, 0.2) is 5.69 Å². The van der Waals surface area contributed by atoms with E-state index in [1.165, 1.54) is 31.9 Å². The number of carboxylic acid groups (broad SMARTS) is 1. The van der Waals surface area contributed by atoms with E-state index in [-0.39, 0.29) is 5.69 Å². The Morgan fingerprint density at radius 1 is 1.39 bits per heavy atom. The maximum absolute atomic E-state index is 10.7. The molecule has 5 heteroatoms. The molecule has 1 fully saturated rings. The summed E-state index contributed by atoms with van der Waals surface area (Å²) in [5.74, 6) is 0.586. The van der Waals surface area contributed by atoms with Gasteiger partial charge in [-0.3, -0.25) is 0 Å². The van der Waals surface area contributed by atoms with Gasteiger partial charge in [0.05, 0.1) is 12.4 Å². The van der Waals surface area contributed by atoms with Crippen LogP contribution < -0.4 is 4.90 Å². The highest BCUT2D eigenvalue weighted by molar-refractivity contribution is 5.84. The third-order valence-corrected chi connectivity index (χ3v) is 3.49. The van der Waals surface area contributed by atoms with Gasteiger partial charge in [0.1, 0.15) is 5.82 Å². The van der Waals surface area contributed by atoms with Crippen LogP contribution in [0, 0.1) is 5.92 Å². The SMILES string of the molecule is CCCC1CCN(c2cnc(C(=O)O)cn2)CC1. The third-order valence-electron chi connectivity index (χ3n) is 3.49. The summed E-state index contributed by atoms with van der Waals surface area (Å²) in [7, 11) is 0. The molecule has 0 unspecified atom stereocenters. The molecular weight excluding hydrogens is 230 g/mol. The lowest BCUT2D eigenvalue weighted by Crippen LogP contribution is -2.34. The van der Waals surface area contributed by atoms with E-state index in [0.29, 0.717) is 0 Å². The average Bonchev–Trinajstić information content (AvgIpc) is 2.40. The van der Waals surface area contributed by atoms with Crippen molar-refractivity contribution < 1.29 is 9.90 Å². The summed E-state index contributed by atoms with van der Waals surface area (Å²) in [5.41, 5.74) is -0.000353. The van der Waals surface area contributed by atoms with Gasteiger partial charge in [0.25, 0.3) is 0 Å². The smallest absolute Gasteiger partial charge is 0.356 e. The molecule has 0 aliphatic carbocycles. The van der Waals surface area contributed by atoms with E-state index < -0.39 is 5.97 Å². The standard InChI is InChI=1S/C13H19N3O2/c1-2-3-10-4-6-16(7-5-10)12-9-14-11(8-15-12)13(17)18/h8-10H,2-7H2,1H3,(H,17,18). The number of carbonyl (C=O) groups is 1. The van der Waals surface area contributed by atoms with Gasteiger partial charge in [-0.1, -0.05) is 19.8 Å². The Bertz CT molecular complexity index is 397. The minimum absolute atomic E-state index is 0.000353. The molecule has 1 aromatic rings. The van der Waals surface area contributed by atoms with Crippen LogP contribution in [0.25, 0.3) is 0 Å². The highest BCUT2D eigenvalue weighted by Gasteiger charge is 2.19. The van der Waals surface area contributed by atoms with Crippen molar-refractivity contribution in [2.45, 2.75) is 32.6 Å². The zero-order valence-corrected chi connectivity index (χ0v) is 10.7. The van der Waals surface area contributed by atoms with Crippen LogP contribution in [0.5, 0.6) is 0 Å². The van der Waals surface area contributed by atoms with Gasteiger partial charge < -0.3 is 10.0 Å². The van der Waals surface area contributed by atoms with Crippen molar-refractivity contribution in [3.8, 4) is 0 Å². The molecule has 1 aromatic heterocycles. The summed E-state index contributed by atoms with van der Waals surface area (Å²) in [6.45, 7) is 4.21. The maximum atomic E-state index is 10.7. The molecular formula is C13H19N3O2. The molecule has 0 bridgehead atoms. The average molecular weight is 249 g/mol. The molecule has 0 spiro atoms. The Hall–Kier alpha value is -1.65. The summed E-state index contributed by atoms with van der Waals surface area (Å²) in [6, 6.07) is 0. The van der Waals surface area contributed by atoms with E-state index >= 15 is 0 Å². The second-order valence-electron chi connectivity index (χ2n) is 4.78. The summed E-state index contributed by atoms with van der Waals surface area (Å²) in [6.07, 6.45) is 7.82. The van der Waals surface area contributed by atoms with Gasteiger partial charge in [-0.15, -0.1) is 0 Å². The van der Waals surface area contributed by atoms with Crippen LogP contribution in [0.1, 0.15) is 43.1 Å². The monoisotopic (exact) mass is 249 g/mol. The Kier molecular flexibility index (Phi) is 4.12. The van der Waals surface area contributed by atoms with Crippen LogP contribution in [0.3, 0.4) is 0 Å². The van der Waals surface area contributed by atoms with Gasteiger partial charge >= 0.3 is 5.97 Å². The van der Waals surface area contributed by atoms with Gasteiger partial charge in [-0.05, 0) is 18.8 Å². The van der Waals surface area contributed by atoms with Crippen LogP contribution in [0.2, 0.25) is 0 Å². The minimum Gasteiger partial charge on any atom is -0.476 e. The van der Waals surface area contributed by atoms with E-state index in [9.17, 15) is 4.79 Å². The van der Waals surface area contributed by atoms with Crippen LogP contribution in [0.15, 0.2) is 12.4 Å². The van der Waals surface area contributed by atoms with E-state index in [1.54, 1.807) is 6.20 Å². The summed E-state index contributed by atoms with van der Waals surface area (Å²) < 4.78 is 0. The number of anilines is 1. The van der Waals surface area contributed by atoms with Crippen molar-refractivity contribution in [2.24, 2.45) is 5.92 Å². The number of hydrogen-bond acceptors (Lipinski definition) is 4. The minimum atomic E-state index is -1.03. The topological polar surface area (TPSA) is 66.3 Å². The first-order valence-electron chi connectivity index (χ1n) is 6.51. The summed E-state index contributed by atoms with van der Waals surface area (Å²) in [5, 5.41) is 8.76. The maximum Gasteiger partial charge on any atom is 0.356 e. The number of piperidine rings is 1. The number of rotatable bonds is 4. The number of aromatic carboxylic acids is 1. The normalized spacial score (nSPS) is 16.8. The van der Waals surface area contributed by atoms with Crippen molar-refractivity contribution in [3.05, 3.63) is 18.1 Å². The van der Waals surface area contributed by atoms with Crippen LogP contribution in [-0.2, 0) is 0 Å². The van der Waals surface area contributed by atoms with Crippen LogP contribution in [-0.4, -0.2) is 34.1 Å². The molecule has 98 valence electrons. The summed E-state index contributed by atoms with van der Waals surface area (Å²) in [4.78, 5) is 21.0. The first kappa shape index (κ1) is 12.8. The Morgan fingerprint density at radius 2 is 2.11 bits per heavy atom. The number of aromatic nitrogens is 2. The lowest BCUT2D eigenvalue weighted by molar-refractivity contribution is 0.0690. The lowest BCUT2D eigenvalue weighted by Gasteiger charge is -2.32. The molecule has 1 aliphatic rings. The fraction of sp³-hybridized carbons (Fsp3) is 0.615. The van der Waals surface area contributed by atoms with E-state index in [2.05, 4.69) is 21.8 Å². The number of nitrogens with zero attached hydrogens (tertiary/aromatic N) is 3. The van der Waals surface area contributed by atoms with Crippen molar-refractivity contribution in [2.75, 3.05) is 18.0 Å². The van der Waals surface area contributed by atoms with Crippen LogP contribution >= 0.6 is 0 Å². The second-order valence-corrected chi connectivity index (χ2v) is 4.78. The zero-order valence-electron chi connectivity index (χ0n) is 10.7. The molecule has 5 nitrogen and oxygen atoms in total. The van der Waals surface area contributed by atoms with E-state index in [0.717, 1.165) is 24.8 Å². The zero-order chi connectivity index (χ0) is 13.0. The highest BCUT2D eigenvalue weighted by Crippen LogP contribution is 2.24. The van der Waals surface area contributed by atoms with Gasteiger partial charge in [-0.2, -0.15) is 0 Å². The highest BCUT2D eigenvalue weighted by atomic mass is 16.4. The molecule has 0 atom stereocenters. The first-order valence-corrected chi connectivity index (χ1v) is 6.51. The predicted molar refractivity (Wildman–Crippen MR) is 68.8 cm³/mol. The molecule has 0 saturated carbocycles. The Labute approximate surface area is 107 Å². The second kappa shape index (κ2) is 5.80. The number of hydrogen-bond donors (Lipinski definition) is 1. The van der Waals surface area contributed by atoms with Gasteiger partial charge in [-0.25, -0.2) is 14.8 Å². The lowest BCUT2D eigenvalue weighted by atomic mass is 9.92. The molecule has 2 rings (SSSR count). The molecule has 2 heterocycles. The largest absolute Gasteiger partial charge is 0.476 e. The summed E-state index contributed by atoms with van der Waals surface area (Å²) >= 11 is 0. The molecule has 0 aromatic carbocycles. The molecule has 1 saturated heterocycles. The van der Waals surface area contributed by atoms with Crippen molar-refractivity contribution in [1.29, 1.82) is 0 Å². The number of carboxylic acids is 1. The van der Waals surface area contributed by atoms with E-state index in [1.807, 2.05) is 0 Å². The molecule has 0 amide bonds. The van der Waals surface area contributed by atoms with Gasteiger partial charge in [0, 0.05) is 13.1 Å². The quantitative estimate of drug-likeness (QED) is 0.886. The first-order chi connectivity index (χ1) is 8.70. The molecule has 1 N–H and O–H groups in total. The fourth-order valence-corrected chi connectivity index (χ4v) is 2.45. The Morgan fingerprint density at radius 3 is 2.61 bits per heavy atom. The molecule has 0 radical (unpaired) electrons. The predicted octanol–water partition coefficient (Wildman–Crippen LogP) is 2.19. The molecule has 1 aliphatic heterocycles. The van der Waals surface area contributed by atoms with E-state index in [4.69, 9.17) is 5.11 Å². The molecule has 18 heavy (non-hydrogen) atoms.